The number of para-hydroxylation sites is 1. The number of hydrogen-bond acceptors (Lipinski definition) is 5. The highest BCUT2D eigenvalue weighted by atomic mass is 15.3. The fraction of sp³-hybridized carbons (Fsp3) is 0. The number of nitrogen functional groups attached to an aromatic ring is 1. The first-order valence-electron chi connectivity index (χ1n) is 9.54. The van der Waals surface area contributed by atoms with Crippen LogP contribution in [0.1, 0.15) is 0 Å². The van der Waals surface area contributed by atoms with Crippen molar-refractivity contribution in [3.63, 3.8) is 0 Å². The molecular formula is C24H18N6. The van der Waals surface area contributed by atoms with E-state index in [0.29, 0.717) is 5.69 Å². The third-order valence-electron chi connectivity index (χ3n) is 4.76. The number of nitrogens with zero attached hydrogens (tertiary/aromatic N) is 5. The van der Waals surface area contributed by atoms with E-state index < -0.39 is 0 Å². The summed E-state index contributed by atoms with van der Waals surface area (Å²) >= 11 is 0. The first kappa shape index (κ1) is 17.8. The smallest absolute Gasteiger partial charge is 0.221 e. The molecule has 30 heavy (non-hydrogen) atoms. The second-order valence-electron chi connectivity index (χ2n) is 6.78. The van der Waals surface area contributed by atoms with Crippen LogP contribution >= 0.6 is 0 Å². The monoisotopic (exact) mass is 390 g/mol. The Morgan fingerprint density at radius 1 is 0.733 bits per heavy atom. The summed E-state index contributed by atoms with van der Waals surface area (Å²) in [4.78, 5) is 13.1. The van der Waals surface area contributed by atoms with Crippen LogP contribution in [0.3, 0.4) is 0 Å². The summed E-state index contributed by atoms with van der Waals surface area (Å²) < 4.78 is 1.86. The lowest BCUT2D eigenvalue weighted by molar-refractivity contribution is 0.884. The number of hydrogen-bond donors (Lipinski definition) is 1. The zero-order chi connectivity index (χ0) is 20.3. The van der Waals surface area contributed by atoms with Crippen LogP contribution in [0.25, 0.3) is 39.5 Å². The molecule has 0 saturated carbocycles. The van der Waals surface area contributed by atoms with E-state index in [2.05, 4.69) is 15.0 Å². The van der Waals surface area contributed by atoms with Crippen molar-refractivity contribution >= 4 is 5.95 Å². The Hall–Kier alpha value is -4.32. The molecule has 2 aromatic carbocycles. The molecule has 0 bridgehead atoms. The normalized spacial score (nSPS) is 10.8. The van der Waals surface area contributed by atoms with Crippen LogP contribution in [0.4, 0.5) is 5.95 Å². The van der Waals surface area contributed by atoms with Crippen LogP contribution < -0.4 is 5.73 Å². The average molecular weight is 390 g/mol. The molecule has 0 aliphatic carbocycles. The minimum absolute atomic E-state index is 0.206. The minimum atomic E-state index is 0.206. The van der Waals surface area contributed by atoms with Gasteiger partial charge in [-0.15, -0.1) is 0 Å². The largest absolute Gasteiger partial charge is 0.368 e. The third-order valence-corrected chi connectivity index (χ3v) is 4.76. The number of aromatic nitrogens is 5. The summed E-state index contributed by atoms with van der Waals surface area (Å²) in [5.41, 5.74) is 12.1. The van der Waals surface area contributed by atoms with Crippen LogP contribution in [0.2, 0.25) is 0 Å². The Kier molecular flexibility index (Phi) is 4.50. The molecule has 0 aliphatic rings. The van der Waals surface area contributed by atoms with Crippen molar-refractivity contribution < 1.29 is 0 Å². The molecule has 0 spiro atoms. The Morgan fingerprint density at radius 3 is 2.17 bits per heavy atom. The quantitative estimate of drug-likeness (QED) is 0.483. The van der Waals surface area contributed by atoms with Crippen molar-refractivity contribution in [2.24, 2.45) is 0 Å². The van der Waals surface area contributed by atoms with Gasteiger partial charge in [-0.05, 0) is 30.3 Å². The number of benzene rings is 2. The van der Waals surface area contributed by atoms with E-state index in [1.165, 1.54) is 0 Å². The standard InChI is InChI=1S/C24H18N6/c25-24-27-21(18-10-7-13-26-15-18)14-22(28-24)20-16-30(19-11-5-2-6-12-19)29-23(20)17-8-3-1-4-9-17/h1-16H,(H2,25,27,28). The summed E-state index contributed by atoms with van der Waals surface area (Å²) in [6, 6.07) is 25.8. The van der Waals surface area contributed by atoms with Gasteiger partial charge in [0.15, 0.2) is 0 Å². The van der Waals surface area contributed by atoms with Gasteiger partial charge in [0, 0.05) is 35.3 Å². The van der Waals surface area contributed by atoms with Gasteiger partial charge in [0.2, 0.25) is 5.95 Å². The summed E-state index contributed by atoms with van der Waals surface area (Å²) in [5.74, 6) is 0.206. The molecule has 3 heterocycles. The topological polar surface area (TPSA) is 82.5 Å². The van der Waals surface area contributed by atoms with Gasteiger partial charge in [-0.25, -0.2) is 14.6 Å². The zero-order valence-corrected chi connectivity index (χ0v) is 16.1. The van der Waals surface area contributed by atoms with Crippen molar-refractivity contribution in [1.82, 2.24) is 24.7 Å². The van der Waals surface area contributed by atoms with E-state index in [1.54, 1.807) is 12.4 Å². The SMILES string of the molecule is Nc1nc(-c2cccnc2)cc(-c2cn(-c3ccccc3)nc2-c2ccccc2)n1. The lowest BCUT2D eigenvalue weighted by Crippen LogP contribution is -1.99. The molecule has 6 heteroatoms. The number of anilines is 1. The van der Waals surface area contributed by atoms with E-state index in [-0.39, 0.29) is 5.95 Å². The van der Waals surface area contributed by atoms with Crippen LogP contribution in [-0.4, -0.2) is 24.7 Å². The first-order chi connectivity index (χ1) is 14.8. The second-order valence-corrected chi connectivity index (χ2v) is 6.78. The van der Waals surface area contributed by atoms with Gasteiger partial charge in [-0.1, -0.05) is 48.5 Å². The highest BCUT2D eigenvalue weighted by Crippen LogP contribution is 2.33. The van der Waals surface area contributed by atoms with Crippen molar-refractivity contribution in [3.8, 4) is 39.5 Å². The number of rotatable bonds is 4. The predicted molar refractivity (Wildman–Crippen MR) is 118 cm³/mol. The molecule has 0 saturated heterocycles. The second kappa shape index (κ2) is 7.60. The Balaban J connectivity index is 1.71. The van der Waals surface area contributed by atoms with Gasteiger partial charge in [0.1, 0.15) is 5.69 Å². The molecular weight excluding hydrogens is 372 g/mol. The van der Waals surface area contributed by atoms with Crippen molar-refractivity contribution in [3.05, 3.63) is 97.5 Å². The highest BCUT2D eigenvalue weighted by Gasteiger charge is 2.17. The highest BCUT2D eigenvalue weighted by molar-refractivity contribution is 5.81. The lowest BCUT2D eigenvalue weighted by Gasteiger charge is -2.06. The van der Waals surface area contributed by atoms with E-state index in [0.717, 1.165) is 33.8 Å². The zero-order valence-electron chi connectivity index (χ0n) is 16.1. The van der Waals surface area contributed by atoms with E-state index in [9.17, 15) is 0 Å². The average Bonchev–Trinajstić information content (AvgIpc) is 3.26. The summed E-state index contributed by atoms with van der Waals surface area (Å²) in [6.07, 6.45) is 5.47. The molecule has 0 unspecified atom stereocenters. The maximum atomic E-state index is 6.07. The fourth-order valence-electron chi connectivity index (χ4n) is 3.35. The molecule has 0 fully saturated rings. The summed E-state index contributed by atoms with van der Waals surface area (Å²) in [6.45, 7) is 0. The molecule has 0 aliphatic heterocycles. The maximum Gasteiger partial charge on any atom is 0.221 e. The first-order valence-corrected chi connectivity index (χ1v) is 9.54. The molecule has 5 rings (SSSR count). The van der Waals surface area contributed by atoms with E-state index >= 15 is 0 Å². The fourth-order valence-corrected chi connectivity index (χ4v) is 3.35. The molecule has 6 nitrogen and oxygen atoms in total. The van der Waals surface area contributed by atoms with E-state index in [1.807, 2.05) is 89.7 Å². The summed E-state index contributed by atoms with van der Waals surface area (Å²) in [5, 5.41) is 4.86. The predicted octanol–water partition coefficient (Wildman–Crippen LogP) is 4.64. The van der Waals surface area contributed by atoms with Crippen LogP contribution in [0.15, 0.2) is 97.5 Å². The Bertz CT molecular complexity index is 1280. The van der Waals surface area contributed by atoms with Crippen LogP contribution in [0.5, 0.6) is 0 Å². The Labute approximate surface area is 173 Å². The van der Waals surface area contributed by atoms with Crippen molar-refractivity contribution in [1.29, 1.82) is 0 Å². The molecule has 144 valence electrons. The van der Waals surface area contributed by atoms with Gasteiger partial charge in [-0.2, -0.15) is 5.10 Å². The van der Waals surface area contributed by atoms with Gasteiger partial charge in [0.25, 0.3) is 0 Å². The Morgan fingerprint density at radius 2 is 1.43 bits per heavy atom. The van der Waals surface area contributed by atoms with Crippen LogP contribution in [-0.2, 0) is 0 Å². The van der Waals surface area contributed by atoms with E-state index in [4.69, 9.17) is 10.8 Å². The molecule has 0 radical (unpaired) electrons. The summed E-state index contributed by atoms with van der Waals surface area (Å²) in [7, 11) is 0. The molecule has 5 aromatic rings. The number of pyridine rings is 1. The molecule has 3 aromatic heterocycles. The van der Waals surface area contributed by atoms with Gasteiger partial charge < -0.3 is 5.73 Å². The third kappa shape index (κ3) is 3.42. The molecule has 0 amide bonds. The molecule has 2 N–H and O–H groups in total. The number of nitrogens with two attached hydrogens (primary N) is 1. The van der Waals surface area contributed by atoms with Gasteiger partial charge in [0.05, 0.1) is 17.1 Å². The minimum Gasteiger partial charge on any atom is -0.368 e. The van der Waals surface area contributed by atoms with Crippen molar-refractivity contribution in [2.75, 3.05) is 5.73 Å². The van der Waals surface area contributed by atoms with Gasteiger partial charge in [-0.3, -0.25) is 4.98 Å². The maximum absolute atomic E-state index is 6.07. The molecule has 0 atom stereocenters. The lowest BCUT2D eigenvalue weighted by atomic mass is 10.0. The van der Waals surface area contributed by atoms with Crippen LogP contribution in [0, 0.1) is 0 Å². The van der Waals surface area contributed by atoms with Crippen molar-refractivity contribution in [2.45, 2.75) is 0 Å². The van der Waals surface area contributed by atoms with Gasteiger partial charge >= 0.3 is 0 Å².